The molecule has 3 heteroatoms. The zero-order valence-electron chi connectivity index (χ0n) is 7.84. The third kappa shape index (κ3) is 2.41. The summed E-state index contributed by atoms with van der Waals surface area (Å²) in [4.78, 5) is 0. The van der Waals surface area contributed by atoms with Gasteiger partial charge in [-0.05, 0) is 25.7 Å². The number of rotatable bonds is 1. The largest absolute Gasteiger partial charge is 0.401 e. The van der Waals surface area contributed by atoms with Crippen LogP contribution in [0.3, 0.4) is 0 Å². The van der Waals surface area contributed by atoms with Crippen molar-refractivity contribution in [3.63, 3.8) is 0 Å². The quantitative estimate of drug-likeness (QED) is 0.460. The molecule has 0 bridgehead atoms. The lowest BCUT2D eigenvalue weighted by atomic mass is 10.0. The highest BCUT2D eigenvalue weighted by atomic mass is 15.4. The number of nitrogens with zero attached hydrogens (tertiary/aromatic N) is 1. The number of hydrazine groups is 1. The maximum atomic E-state index is 5.91. The van der Waals surface area contributed by atoms with Crippen molar-refractivity contribution in [2.24, 2.45) is 11.6 Å². The van der Waals surface area contributed by atoms with Gasteiger partial charge in [-0.2, -0.15) is 0 Å². The summed E-state index contributed by atoms with van der Waals surface area (Å²) in [7, 11) is 1.86. The SMILES string of the molecule is CN(N)/C1=C(\N)CCCCCC1. The Morgan fingerprint density at radius 3 is 2.25 bits per heavy atom. The standard InChI is InChI=1S/C9H19N3/c1-12(11)9-7-5-3-2-4-6-8(9)10/h2-7,10-11H2,1H3/b9-8-. The fourth-order valence-corrected chi connectivity index (χ4v) is 1.67. The molecule has 0 aliphatic heterocycles. The molecular formula is C9H19N3. The van der Waals surface area contributed by atoms with E-state index in [0.717, 1.165) is 24.2 Å². The molecule has 3 nitrogen and oxygen atoms in total. The predicted octanol–water partition coefficient (Wildman–Crippen LogP) is 1.32. The van der Waals surface area contributed by atoms with Gasteiger partial charge >= 0.3 is 0 Å². The van der Waals surface area contributed by atoms with E-state index < -0.39 is 0 Å². The third-order valence-electron chi connectivity index (χ3n) is 2.41. The predicted molar refractivity (Wildman–Crippen MR) is 50.9 cm³/mol. The molecular weight excluding hydrogens is 150 g/mol. The normalized spacial score (nSPS) is 26.2. The lowest BCUT2D eigenvalue weighted by Crippen LogP contribution is -2.28. The van der Waals surface area contributed by atoms with E-state index in [2.05, 4.69) is 0 Å². The van der Waals surface area contributed by atoms with Gasteiger partial charge in [0.2, 0.25) is 0 Å². The number of nitrogens with two attached hydrogens (primary N) is 2. The Morgan fingerprint density at radius 1 is 1.08 bits per heavy atom. The number of allylic oxidation sites excluding steroid dienone is 2. The van der Waals surface area contributed by atoms with Crippen LogP contribution >= 0.6 is 0 Å². The topological polar surface area (TPSA) is 55.3 Å². The molecule has 0 fully saturated rings. The van der Waals surface area contributed by atoms with Gasteiger partial charge in [-0.15, -0.1) is 0 Å². The van der Waals surface area contributed by atoms with Crippen LogP contribution in [0.1, 0.15) is 38.5 Å². The van der Waals surface area contributed by atoms with Crippen molar-refractivity contribution in [2.75, 3.05) is 7.05 Å². The molecule has 12 heavy (non-hydrogen) atoms. The second kappa shape index (κ2) is 4.36. The monoisotopic (exact) mass is 169 g/mol. The van der Waals surface area contributed by atoms with E-state index in [1.807, 2.05) is 7.05 Å². The van der Waals surface area contributed by atoms with Crippen LogP contribution in [-0.4, -0.2) is 12.1 Å². The lowest BCUT2D eigenvalue weighted by molar-refractivity contribution is 0.398. The van der Waals surface area contributed by atoms with Crippen LogP contribution < -0.4 is 11.6 Å². The minimum absolute atomic E-state index is 0.986. The summed E-state index contributed by atoms with van der Waals surface area (Å²) < 4.78 is 0. The van der Waals surface area contributed by atoms with Gasteiger partial charge in [0.05, 0.1) is 0 Å². The van der Waals surface area contributed by atoms with E-state index in [9.17, 15) is 0 Å². The molecule has 0 unspecified atom stereocenters. The van der Waals surface area contributed by atoms with Crippen molar-refractivity contribution >= 4 is 0 Å². The molecule has 0 saturated carbocycles. The highest BCUT2D eigenvalue weighted by Crippen LogP contribution is 2.20. The molecule has 70 valence electrons. The van der Waals surface area contributed by atoms with Crippen molar-refractivity contribution in [3.8, 4) is 0 Å². The average Bonchev–Trinajstić information content (AvgIpc) is 1.96. The van der Waals surface area contributed by atoms with Crippen LogP contribution in [0.5, 0.6) is 0 Å². The van der Waals surface area contributed by atoms with E-state index in [0.29, 0.717) is 0 Å². The first-order chi connectivity index (χ1) is 5.72. The first kappa shape index (κ1) is 9.39. The summed E-state index contributed by atoms with van der Waals surface area (Å²) in [6.45, 7) is 0. The zero-order valence-corrected chi connectivity index (χ0v) is 7.84. The molecule has 0 atom stereocenters. The fourth-order valence-electron chi connectivity index (χ4n) is 1.67. The first-order valence-electron chi connectivity index (χ1n) is 4.67. The molecule has 0 spiro atoms. The van der Waals surface area contributed by atoms with Crippen LogP contribution in [-0.2, 0) is 0 Å². The van der Waals surface area contributed by atoms with E-state index in [1.165, 1.54) is 25.7 Å². The van der Waals surface area contributed by atoms with Crippen LogP contribution in [0.4, 0.5) is 0 Å². The van der Waals surface area contributed by atoms with E-state index in [4.69, 9.17) is 11.6 Å². The van der Waals surface area contributed by atoms with E-state index >= 15 is 0 Å². The average molecular weight is 169 g/mol. The molecule has 1 aliphatic rings. The molecule has 1 aliphatic carbocycles. The minimum atomic E-state index is 0.986. The Kier molecular flexibility index (Phi) is 3.41. The summed E-state index contributed by atoms with van der Waals surface area (Å²) >= 11 is 0. The fraction of sp³-hybridized carbons (Fsp3) is 0.778. The summed E-state index contributed by atoms with van der Waals surface area (Å²) in [5.74, 6) is 5.67. The molecule has 0 amide bonds. The molecule has 4 N–H and O–H groups in total. The Bertz CT molecular complexity index is 173. The van der Waals surface area contributed by atoms with Gasteiger partial charge in [-0.25, -0.2) is 5.84 Å². The van der Waals surface area contributed by atoms with Gasteiger partial charge < -0.3 is 10.7 Å². The summed E-state index contributed by atoms with van der Waals surface area (Å²) in [6.07, 6.45) is 7.10. The van der Waals surface area contributed by atoms with Gasteiger partial charge in [-0.1, -0.05) is 12.8 Å². The van der Waals surface area contributed by atoms with Crippen molar-refractivity contribution in [3.05, 3.63) is 11.4 Å². The maximum absolute atomic E-state index is 5.91. The van der Waals surface area contributed by atoms with E-state index in [-0.39, 0.29) is 0 Å². The van der Waals surface area contributed by atoms with Crippen molar-refractivity contribution in [1.29, 1.82) is 0 Å². The van der Waals surface area contributed by atoms with Gasteiger partial charge in [0.15, 0.2) is 0 Å². The molecule has 0 aromatic heterocycles. The summed E-state index contributed by atoms with van der Waals surface area (Å²) in [5.41, 5.74) is 8.03. The Morgan fingerprint density at radius 2 is 1.67 bits per heavy atom. The first-order valence-corrected chi connectivity index (χ1v) is 4.67. The molecule has 0 heterocycles. The molecule has 1 rings (SSSR count). The number of hydrogen-bond acceptors (Lipinski definition) is 3. The third-order valence-corrected chi connectivity index (χ3v) is 2.41. The van der Waals surface area contributed by atoms with Gasteiger partial charge in [0, 0.05) is 18.4 Å². The van der Waals surface area contributed by atoms with Crippen LogP contribution in [0.2, 0.25) is 0 Å². The molecule has 0 aromatic rings. The molecule has 0 saturated heterocycles. The number of hydrogen-bond donors (Lipinski definition) is 2. The lowest BCUT2D eigenvalue weighted by Gasteiger charge is -2.21. The van der Waals surface area contributed by atoms with Gasteiger partial charge in [0.1, 0.15) is 0 Å². The maximum Gasteiger partial charge on any atom is 0.0474 e. The summed E-state index contributed by atoms with van der Waals surface area (Å²) in [5, 5.41) is 1.67. The zero-order chi connectivity index (χ0) is 8.97. The van der Waals surface area contributed by atoms with Gasteiger partial charge in [0.25, 0.3) is 0 Å². The second-order valence-corrected chi connectivity index (χ2v) is 3.50. The second-order valence-electron chi connectivity index (χ2n) is 3.50. The Balaban J connectivity index is 2.66. The van der Waals surface area contributed by atoms with Crippen LogP contribution in [0, 0.1) is 0 Å². The molecule has 0 aromatic carbocycles. The van der Waals surface area contributed by atoms with Crippen molar-refractivity contribution in [2.45, 2.75) is 38.5 Å². The Labute approximate surface area is 74.4 Å². The van der Waals surface area contributed by atoms with Crippen LogP contribution in [0.15, 0.2) is 11.4 Å². The van der Waals surface area contributed by atoms with Crippen LogP contribution in [0.25, 0.3) is 0 Å². The smallest absolute Gasteiger partial charge is 0.0474 e. The van der Waals surface area contributed by atoms with E-state index in [1.54, 1.807) is 5.01 Å². The highest BCUT2D eigenvalue weighted by molar-refractivity contribution is 5.09. The minimum Gasteiger partial charge on any atom is -0.401 e. The summed E-state index contributed by atoms with van der Waals surface area (Å²) in [6, 6.07) is 0. The van der Waals surface area contributed by atoms with Crippen molar-refractivity contribution < 1.29 is 0 Å². The Hall–Kier alpha value is -0.700. The molecule has 0 radical (unpaired) electrons. The highest BCUT2D eigenvalue weighted by Gasteiger charge is 2.09. The van der Waals surface area contributed by atoms with Gasteiger partial charge in [-0.3, -0.25) is 0 Å². The van der Waals surface area contributed by atoms with Crippen molar-refractivity contribution in [1.82, 2.24) is 5.01 Å².